The van der Waals surface area contributed by atoms with Crippen LogP contribution in [0.5, 0.6) is 0 Å². The zero-order valence-electron chi connectivity index (χ0n) is 16.0. The molecule has 3 aromatic rings. The zero-order chi connectivity index (χ0) is 20.3. The fourth-order valence-corrected chi connectivity index (χ4v) is 2.71. The Labute approximate surface area is 162 Å². The number of nitrogens with two attached hydrogens (primary N) is 1. The minimum Gasteiger partial charge on any atom is -0.382 e. The number of aromatic nitrogens is 3. The maximum atomic E-state index is 12.5. The van der Waals surface area contributed by atoms with Crippen molar-refractivity contribution < 1.29 is 9.59 Å². The molecule has 0 fully saturated rings. The highest BCUT2D eigenvalue weighted by atomic mass is 16.2. The lowest BCUT2D eigenvalue weighted by molar-refractivity contribution is -0.116. The summed E-state index contributed by atoms with van der Waals surface area (Å²) < 4.78 is 1.20. The van der Waals surface area contributed by atoms with E-state index >= 15 is 0 Å². The molecule has 0 aliphatic rings. The molecule has 2 amide bonds. The summed E-state index contributed by atoms with van der Waals surface area (Å²) >= 11 is 0. The highest BCUT2D eigenvalue weighted by Crippen LogP contribution is 2.18. The maximum absolute atomic E-state index is 12.5. The molecule has 3 rings (SSSR count). The predicted molar refractivity (Wildman–Crippen MR) is 108 cm³/mol. The summed E-state index contributed by atoms with van der Waals surface area (Å²) in [7, 11) is 0. The monoisotopic (exact) mass is 378 g/mol. The van der Waals surface area contributed by atoms with E-state index in [2.05, 4.69) is 20.9 Å². The molecule has 0 spiro atoms. The van der Waals surface area contributed by atoms with Crippen LogP contribution >= 0.6 is 0 Å². The molecule has 1 heterocycles. The third-order valence-electron chi connectivity index (χ3n) is 4.22. The molecule has 0 bridgehead atoms. The van der Waals surface area contributed by atoms with E-state index in [1.165, 1.54) is 4.68 Å². The first kappa shape index (κ1) is 19.1. The fraction of sp³-hybridized carbons (Fsp3) is 0.200. The van der Waals surface area contributed by atoms with Crippen LogP contribution < -0.4 is 16.4 Å². The number of amides is 2. The standard InChI is InChI=1S/C20H22N6O2/c1-12-5-4-6-15(9-12)22-17(27)11-26-19(21)18(24-25-26)20(28)23-16-10-13(2)7-8-14(16)3/h4-10H,11,21H2,1-3H3,(H,22,27)(H,23,28). The predicted octanol–water partition coefficient (Wildman–Crippen LogP) is 2.68. The Morgan fingerprint density at radius 1 is 1.04 bits per heavy atom. The number of carbonyl (C=O) groups is 2. The topological polar surface area (TPSA) is 115 Å². The zero-order valence-corrected chi connectivity index (χ0v) is 16.0. The number of hydrogen-bond donors (Lipinski definition) is 3. The van der Waals surface area contributed by atoms with Crippen LogP contribution in [0.4, 0.5) is 17.2 Å². The molecule has 8 nitrogen and oxygen atoms in total. The van der Waals surface area contributed by atoms with Crippen molar-refractivity contribution in [3.05, 3.63) is 64.8 Å². The smallest absolute Gasteiger partial charge is 0.280 e. The number of nitrogens with zero attached hydrogens (tertiary/aromatic N) is 3. The van der Waals surface area contributed by atoms with Gasteiger partial charge in [-0.15, -0.1) is 5.10 Å². The first-order valence-corrected chi connectivity index (χ1v) is 8.77. The molecule has 0 atom stereocenters. The minimum atomic E-state index is -0.475. The van der Waals surface area contributed by atoms with E-state index in [-0.39, 0.29) is 24.0 Å². The lowest BCUT2D eigenvalue weighted by atomic mass is 10.1. The van der Waals surface area contributed by atoms with Gasteiger partial charge < -0.3 is 16.4 Å². The number of aryl methyl sites for hydroxylation is 3. The van der Waals surface area contributed by atoms with E-state index in [0.717, 1.165) is 16.7 Å². The Morgan fingerprint density at radius 2 is 1.79 bits per heavy atom. The van der Waals surface area contributed by atoms with Gasteiger partial charge in [-0.25, -0.2) is 4.68 Å². The molecule has 144 valence electrons. The van der Waals surface area contributed by atoms with E-state index in [0.29, 0.717) is 11.4 Å². The molecule has 0 aliphatic heterocycles. The summed E-state index contributed by atoms with van der Waals surface area (Å²) in [6.07, 6.45) is 0. The molecule has 8 heteroatoms. The van der Waals surface area contributed by atoms with Gasteiger partial charge in [-0.3, -0.25) is 9.59 Å². The number of nitrogens with one attached hydrogen (secondary N) is 2. The summed E-state index contributed by atoms with van der Waals surface area (Å²) in [5.74, 6) is -0.762. The van der Waals surface area contributed by atoms with Gasteiger partial charge in [-0.2, -0.15) is 0 Å². The normalized spacial score (nSPS) is 10.5. The van der Waals surface area contributed by atoms with Gasteiger partial charge in [-0.05, 0) is 55.7 Å². The van der Waals surface area contributed by atoms with Crippen molar-refractivity contribution in [3.8, 4) is 0 Å². The lowest BCUT2D eigenvalue weighted by Crippen LogP contribution is -2.21. The Bertz CT molecular complexity index is 1040. The quantitative estimate of drug-likeness (QED) is 0.631. The van der Waals surface area contributed by atoms with Gasteiger partial charge in [0, 0.05) is 11.4 Å². The molecular weight excluding hydrogens is 356 g/mol. The Kier molecular flexibility index (Phi) is 5.39. The summed E-state index contributed by atoms with van der Waals surface area (Å²) in [5.41, 5.74) is 10.3. The Morgan fingerprint density at radius 3 is 2.54 bits per heavy atom. The van der Waals surface area contributed by atoms with Gasteiger partial charge in [0.25, 0.3) is 5.91 Å². The van der Waals surface area contributed by atoms with Crippen molar-refractivity contribution in [2.24, 2.45) is 0 Å². The molecule has 0 radical (unpaired) electrons. The van der Waals surface area contributed by atoms with Crippen molar-refractivity contribution in [1.29, 1.82) is 0 Å². The van der Waals surface area contributed by atoms with E-state index in [9.17, 15) is 9.59 Å². The highest BCUT2D eigenvalue weighted by molar-refractivity contribution is 6.06. The van der Waals surface area contributed by atoms with Crippen LogP contribution in [0.2, 0.25) is 0 Å². The highest BCUT2D eigenvalue weighted by Gasteiger charge is 2.19. The van der Waals surface area contributed by atoms with Crippen LogP contribution in [0, 0.1) is 20.8 Å². The van der Waals surface area contributed by atoms with Crippen molar-refractivity contribution in [2.75, 3.05) is 16.4 Å². The number of rotatable bonds is 5. The number of carbonyl (C=O) groups excluding carboxylic acids is 2. The SMILES string of the molecule is Cc1cccc(NC(=O)Cn2nnc(C(=O)Nc3cc(C)ccc3C)c2N)c1. The summed E-state index contributed by atoms with van der Waals surface area (Å²) in [6.45, 7) is 5.62. The van der Waals surface area contributed by atoms with E-state index < -0.39 is 5.91 Å². The van der Waals surface area contributed by atoms with Gasteiger partial charge in [0.15, 0.2) is 11.5 Å². The van der Waals surface area contributed by atoms with E-state index in [4.69, 9.17) is 5.73 Å². The molecule has 0 saturated carbocycles. The van der Waals surface area contributed by atoms with Gasteiger partial charge in [0.2, 0.25) is 5.91 Å². The van der Waals surface area contributed by atoms with Gasteiger partial charge in [0.05, 0.1) is 0 Å². The van der Waals surface area contributed by atoms with Crippen LogP contribution in [0.25, 0.3) is 0 Å². The van der Waals surface area contributed by atoms with Crippen LogP contribution in [0.3, 0.4) is 0 Å². The van der Waals surface area contributed by atoms with Crippen molar-refractivity contribution in [3.63, 3.8) is 0 Å². The maximum Gasteiger partial charge on any atom is 0.280 e. The molecule has 4 N–H and O–H groups in total. The van der Waals surface area contributed by atoms with E-state index in [1.807, 2.05) is 57.2 Å². The second-order valence-electron chi connectivity index (χ2n) is 6.67. The van der Waals surface area contributed by atoms with Gasteiger partial charge >= 0.3 is 0 Å². The second kappa shape index (κ2) is 7.91. The lowest BCUT2D eigenvalue weighted by Gasteiger charge is -2.09. The average Bonchev–Trinajstić information content (AvgIpc) is 2.98. The fourth-order valence-electron chi connectivity index (χ4n) is 2.71. The third-order valence-corrected chi connectivity index (χ3v) is 4.22. The van der Waals surface area contributed by atoms with Crippen LogP contribution in [-0.4, -0.2) is 26.8 Å². The Balaban J connectivity index is 1.70. The van der Waals surface area contributed by atoms with Crippen LogP contribution in [0.1, 0.15) is 27.2 Å². The van der Waals surface area contributed by atoms with Gasteiger partial charge in [-0.1, -0.05) is 29.5 Å². The molecule has 1 aromatic heterocycles. The third kappa shape index (κ3) is 4.35. The number of benzene rings is 2. The van der Waals surface area contributed by atoms with Crippen LogP contribution in [-0.2, 0) is 11.3 Å². The molecule has 0 saturated heterocycles. The van der Waals surface area contributed by atoms with Crippen molar-refractivity contribution in [2.45, 2.75) is 27.3 Å². The van der Waals surface area contributed by atoms with E-state index in [1.54, 1.807) is 6.07 Å². The Hall–Kier alpha value is -3.68. The first-order chi connectivity index (χ1) is 13.3. The minimum absolute atomic E-state index is 0.0238. The molecule has 0 unspecified atom stereocenters. The molecular formula is C20H22N6O2. The number of nitrogen functional groups attached to an aromatic ring is 1. The summed E-state index contributed by atoms with van der Waals surface area (Å²) in [4.78, 5) is 24.8. The molecule has 28 heavy (non-hydrogen) atoms. The summed E-state index contributed by atoms with van der Waals surface area (Å²) in [5, 5.41) is 13.2. The van der Waals surface area contributed by atoms with Crippen LogP contribution in [0.15, 0.2) is 42.5 Å². The molecule has 0 aliphatic carbocycles. The second-order valence-corrected chi connectivity index (χ2v) is 6.67. The first-order valence-electron chi connectivity index (χ1n) is 8.77. The van der Waals surface area contributed by atoms with Crippen molar-refractivity contribution in [1.82, 2.24) is 15.0 Å². The molecule has 2 aromatic carbocycles. The number of anilines is 3. The van der Waals surface area contributed by atoms with Gasteiger partial charge in [0.1, 0.15) is 6.54 Å². The summed E-state index contributed by atoms with van der Waals surface area (Å²) in [6, 6.07) is 13.2. The average molecular weight is 378 g/mol. The largest absolute Gasteiger partial charge is 0.382 e. The van der Waals surface area contributed by atoms with Crippen molar-refractivity contribution >= 4 is 29.0 Å². The number of hydrogen-bond acceptors (Lipinski definition) is 5.